The van der Waals surface area contributed by atoms with E-state index < -0.39 is 17.8 Å². The summed E-state index contributed by atoms with van der Waals surface area (Å²) in [4.78, 5) is 31.1. The molecule has 0 amide bonds. The van der Waals surface area contributed by atoms with E-state index in [1.807, 2.05) is 0 Å². The van der Waals surface area contributed by atoms with Crippen LogP contribution < -0.4 is 14.9 Å². The fraction of sp³-hybridized carbons (Fsp3) is 0.174. The minimum atomic E-state index is -0.799. The molecule has 3 aromatic rings. The van der Waals surface area contributed by atoms with Crippen LogP contribution in [0.5, 0.6) is 0 Å². The predicted octanol–water partition coefficient (Wildman–Crippen LogP) is 3.59. The Kier molecular flexibility index (Phi) is 5.89. The molecule has 0 spiro atoms. The number of hydrogen-bond donors (Lipinski definition) is 0. The Morgan fingerprint density at radius 2 is 1.97 bits per heavy atom. The van der Waals surface area contributed by atoms with Gasteiger partial charge in [-0.1, -0.05) is 59.3 Å². The van der Waals surface area contributed by atoms with Gasteiger partial charge in [0.2, 0.25) is 0 Å². The highest BCUT2D eigenvalue weighted by molar-refractivity contribution is 7.07. The molecular formula is C23H18ClFN2O3S. The number of carbonyl (C=O) groups excluding carboxylic acids is 1. The predicted molar refractivity (Wildman–Crippen MR) is 118 cm³/mol. The van der Waals surface area contributed by atoms with Gasteiger partial charge in [0.1, 0.15) is 11.9 Å². The number of allylic oxidation sites excluding steroid dienone is 1. The Labute approximate surface area is 186 Å². The van der Waals surface area contributed by atoms with Crippen molar-refractivity contribution < 1.29 is 13.9 Å². The summed E-state index contributed by atoms with van der Waals surface area (Å²) < 4.78 is 21.1. The first-order valence-corrected chi connectivity index (χ1v) is 10.8. The Morgan fingerprint density at radius 3 is 2.68 bits per heavy atom. The third-order valence-corrected chi connectivity index (χ3v) is 6.24. The van der Waals surface area contributed by atoms with Crippen LogP contribution in [0.15, 0.2) is 69.6 Å². The summed E-state index contributed by atoms with van der Waals surface area (Å²) in [5.74, 6) is -0.989. The van der Waals surface area contributed by atoms with E-state index in [9.17, 15) is 14.0 Å². The van der Waals surface area contributed by atoms with Gasteiger partial charge in [-0.15, -0.1) is 0 Å². The van der Waals surface area contributed by atoms with Crippen molar-refractivity contribution in [1.29, 1.82) is 0 Å². The van der Waals surface area contributed by atoms with Crippen LogP contribution in [-0.4, -0.2) is 17.1 Å². The Morgan fingerprint density at radius 1 is 1.26 bits per heavy atom. The van der Waals surface area contributed by atoms with Crippen LogP contribution in [0.1, 0.15) is 31.0 Å². The molecule has 0 fully saturated rings. The number of fused-ring (bicyclic) bond motifs is 1. The molecule has 0 radical (unpaired) electrons. The number of esters is 1. The summed E-state index contributed by atoms with van der Waals surface area (Å²) in [6, 6.07) is 12.4. The van der Waals surface area contributed by atoms with Crippen molar-refractivity contribution in [2.75, 3.05) is 6.61 Å². The summed E-state index contributed by atoms with van der Waals surface area (Å²) in [7, 11) is 0. The van der Waals surface area contributed by atoms with E-state index in [0.29, 0.717) is 31.2 Å². The van der Waals surface area contributed by atoms with Crippen molar-refractivity contribution in [3.8, 4) is 0 Å². The van der Waals surface area contributed by atoms with Gasteiger partial charge < -0.3 is 4.74 Å². The number of nitrogens with zero attached hydrogens (tertiary/aromatic N) is 2. The molecule has 0 N–H and O–H groups in total. The minimum absolute atomic E-state index is 0.183. The van der Waals surface area contributed by atoms with Gasteiger partial charge in [0.05, 0.1) is 22.4 Å². The quantitative estimate of drug-likeness (QED) is 0.564. The van der Waals surface area contributed by atoms with Gasteiger partial charge in [0, 0.05) is 10.6 Å². The number of aromatic nitrogens is 1. The maximum Gasteiger partial charge on any atom is 0.338 e. The van der Waals surface area contributed by atoms with Gasteiger partial charge >= 0.3 is 5.97 Å². The molecule has 0 unspecified atom stereocenters. The molecule has 0 bridgehead atoms. The first-order valence-electron chi connectivity index (χ1n) is 9.61. The molecule has 31 heavy (non-hydrogen) atoms. The average Bonchev–Trinajstić information content (AvgIpc) is 3.04. The molecule has 2 heterocycles. The molecule has 4 rings (SSSR count). The standard InChI is InChI=1S/C23H18ClFN2O3S/c1-3-30-22(29)19-13(2)26-23-27(20(19)15-9-5-6-10-16(15)24)21(28)18(31-23)12-14-8-4-7-11-17(14)25/h4-12,20H,3H2,1-2H3/t20-/m1/s1. The molecule has 2 aromatic carbocycles. The second-order valence-corrected chi connectivity index (χ2v) is 8.26. The summed E-state index contributed by atoms with van der Waals surface area (Å²) in [5.41, 5.74) is 1.19. The van der Waals surface area contributed by atoms with Crippen molar-refractivity contribution in [1.82, 2.24) is 4.57 Å². The summed E-state index contributed by atoms with van der Waals surface area (Å²) >= 11 is 7.59. The van der Waals surface area contributed by atoms with Crippen LogP contribution in [0.2, 0.25) is 5.02 Å². The molecule has 158 valence electrons. The smallest absolute Gasteiger partial charge is 0.338 e. The van der Waals surface area contributed by atoms with Crippen molar-refractivity contribution in [3.05, 3.63) is 101 Å². The van der Waals surface area contributed by atoms with Gasteiger partial charge in [0.15, 0.2) is 4.80 Å². The van der Waals surface area contributed by atoms with E-state index in [4.69, 9.17) is 16.3 Å². The lowest BCUT2D eigenvalue weighted by atomic mass is 9.96. The zero-order chi connectivity index (χ0) is 22.1. The van der Waals surface area contributed by atoms with Crippen LogP contribution >= 0.6 is 22.9 Å². The number of thiazole rings is 1. The highest BCUT2D eigenvalue weighted by atomic mass is 35.5. The average molecular weight is 457 g/mol. The Balaban J connectivity index is 2.00. The van der Waals surface area contributed by atoms with Crippen LogP contribution in [0.25, 0.3) is 6.08 Å². The topological polar surface area (TPSA) is 60.7 Å². The fourth-order valence-corrected chi connectivity index (χ4v) is 4.79. The molecule has 0 saturated heterocycles. The minimum Gasteiger partial charge on any atom is -0.463 e. The van der Waals surface area contributed by atoms with Crippen LogP contribution in [-0.2, 0) is 9.53 Å². The largest absolute Gasteiger partial charge is 0.463 e. The number of benzene rings is 2. The highest BCUT2D eigenvalue weighted by Crippen LogP contribution is 2.34. The second kappa shape index (κ2) is 8.61. The first-order chi connectivity index (χ1) is 14.9. The molecule has 1 atom stereocenters. The molecule has 5 nitrogen and oxygen atoms in total. The molecule has 8 heteroatoms. The molecular weight excluding hydrogens is 439 g/mol. The molecule has 1 aromatic heterocycles. The van der Waals surface area contributed by atoms with Crippen molar-refractivity contribution in [3.63, 3.8) is 0 Å². The van der Waals surface area contributed by atoms with Crippen molar-refractivity contribution in [2.45, 2.75) is 19.9 Å². The molecule has 0 saturated carbocycles. The highest BCUT2D eigenvalue weighted by Gasteiger charge is 2.34. The lowest BCUT2D eigenvalue weighted by Crippen LogP contribution is -2.40. The zero-order valence-corrected chi connectivity index (χ0v) is 18.3. The maximum atomic E-state index is 14.2. The molecule has 1 aliphatic rings. The number of hydrogen-bond acceptors (Lipinski definition) is 5. The number of ether oxygens (including phenoxy) is 1. The van der Waals surface area contributed by atoms with Gasteiger partial charge in [-0.3, -0.25) is 9.36 Å². The summed E-state index contributed by atoms with van der Waals surface area (Å²) in [6.45, 7) is 3.59. The van der Waals surface area contributed by atoms with Gasteiger partial charge in [-0.2, -0.15) is 0 Å². The van der Waals surface area contributed by atoms with E-state index in [2.05, 4.69) is 4.99 Å². The normalized spacial score (nSPS) is 16.1. The maximum absolute atomic E-state index is 14.2. The van der Waals surface area contributed by atoms with Crippen molar-refractivity contribution >= 4 is 35.0 Å². The lowest BCUT2D eigenvalue weighted by molar-refractivity contribution is -0.139. The monoisotopic (exact) mass is 456 g/mol. The molecule has 1 aliphatic heterocycles. The van der Waals surface area contributed by atoms with Crippen LogP contribution in [0.3, 0.4) is 0 Å². The van der Waals surface area contributed by atoms with E-state index in [0.717, 1.165) is 11.3 Å². The number of halogens is 2. The first kappa shape index (κ1) is 21.2. The van der Waals surface area contributed by atoms with Crippen LogP contribution in [0.4, 0.5) is 4.39 Å². The SMILES string of the molecule is CCOC(=O)C1=C(C)N=c2sc(=Cc3ccccc3F)c(=O)n2[C@@H]1c1ccccc1Cl. The summed E-state index contributed by atoms with van der Waals surface area (Å²) in [5, 5.41) is 0.410. The summed E-state index contributed by atoms with van der Waals surface area (Å²) in [6.07, 6.45) is 1.49. The Bertz CT molecular complexity index is 1390. The van der Waals surface area contributed by atoms with Gasteiger partial charge in [-0.25, -0.2) is 14.2 Å². The third kappa shape index (κ3) is 3.86. The van der Waals surface area contributed by atoms with E-state index >= 15 is 0 Å². The fourth-order valence-electron chi connectivity index (χ4n) is 3.52. The third-order valence-electron chi connectivity index (χ3n) is 4.91. The Hall–Kier alpha value is -3.03. The lowest BCUT2D eigenvalue weighted by Gasteiger charge is -2.25. The second-order valence-electron chi connectivity index (χ2n) is 6.85. The van der Waals surface area contributed by atoms with E-state index in [1.54, 1.807) is 56.3 Å². The molecule has 0 aliphatic carbocycles. The van der Waals surface area contributed by atoms with E-state index in [1.165, 1.54) is 16.7 Å². The zero-order valence-electron chi connectivity index (χ0n) is 16.8. The number of rotatable bonds is 4. The van der Waals surface area contributed by atoms with Crippen LogP contribution in [0, 0.1) is 5.82 Å². The van der Waals surface area contributed by atoms with Crippen molar-refractivity contribution in [2.24, 2.45) is 4.99 Å². The number of carbonyl (C=O) groups is 1. The van der Waals surface area contributed by atoms with Gasteiger partial charge in [-0.05, 0) is 37.6 Å². The van der Waals surface area contributed by atoms with E-state index in [-0.39, 0.29) is 17.7 Å². The van der Waals surface area contributed by atoms with Gasteiger partial charge in [0.25, 0.3) is 5.56 Å².